The molecule has 0 heterocycles. The van der Waals surface area contributed by atoms with E-state index in [1.807, 2.05) is 0 Å². The molecule has 0 radical (unpaired) electrons. The molecule has 0 aliphatic heterocycles. The van der Waals surface area contributed by atoms with Gasteiger partial charge in [0.05, 0.1) is 0 Å². The molecule has 56 valence electrons. The van der Waals surface area contributed by atoms with Gasteiger partial charge >= 0.3 is 5.97 Å². The van der Waals surface area contributed by atoms with Crippen molar-refractivity contribution in [2.75, 3.05) is 0 Å². The molecule has 0 saturated carbocycles. The number of alkyl halides is 3. The molecule has 0 fully saturated rings. The van der Waals surface area contributed by atoms with Gasteiger partial charge in [-0.2, -0.15) is 0 Å². The second kappa shape index (κ2) is 5.42. The van der Waals surface area contributed by atoms with Gasteiger partial charge in [-0.15, -0.1) is 47.2 Å². The van der Waals surface area contributed by atoms with Crippen molar-refractivity contribution in [1.82, 2.24) is 0 Å². The second-order valence-electron chi connectivity index (χ2n) is 1.07. The molecule has 0 aliphatic rings. The van der Waals surface area contributed by atoms with Gasteiger partial charge in [-0.25, -0.2) is 0 Å². The lowest BCUT2D eigenvalue weighted by Crippen LogP contribution is -2.19. The number of carboxylic acids is 1. The summed E-state index contributed by atoms with van der Waals surface area (Å²) < 4.78 is 0. The van der Waals surface area contributed by atoms with Gasteiger partial charge in [-0.1, -0.05) is 0 Å². The van der Waals surface area contributed by atoms with Crippen LogP contribution in [0.15, 0.2) is 0 Å². The molecule has 0 amide bonds. The van der Waals surface area contributed by atoms with Gasteiger partial charge in [0, 0.05) is 0 Å². The van der Waals surface area contributed by atoms with Crippen LogP contribution >= 0.6 is 47.2 Å². The normalized spacial score (nSPS) is 12.4. The Hall–Kier alpha value is 0.630. The van der Waals surface area contributed by atoms with Crippen LogP contribution in [0.25, 0.3) is 0 Å². The third-order valence-electron chi connectivity index (χ3n) is 0.457. The number of carboxylic acid groups (broad SMARTS) is 1. The molecule has 0 rings (SSSR count). The summed E-state index contributed by atoms with van der Waals surface area (Å²) in [6.45, 7) is 0. The van der Waals surface area contributed by atoms with Gasteiger partial charge in [-0.05, 0) is 0 Å². The zero-order valence-electron chi connectivity index (χ0n) is 4.05. The van der Waals surface area contributed by atoms with Crippen LogP contribution < -0.4 is 0 Å². The third kappa shape index (κ3) is 5.09. The first-order chi connectivity index (χ1) is 3.55. The topological polar surface area (TPSA) is 37.3 Å². The molecule has 9 heavy (non-hydrogen) atoms. The molecule has 6 heteroatoms. The Labute approximate surface area is 73.5 Å². The van der Waals surface area contributed by atoms with E-state index in [1.165, 1.54) is 0 Å². The number of rotatable bonds is 2. The lowest BCUT2D eigenvalue weighted by atomic mass is 10.5. The zero-order valence-corrected chi connectivity index (χ0v) is 7.14. The zero-order chi connectivity index (χ0) is 6.73. The summed E-state index contributed by atoms with van der Waals surface area (Å²) >= 11 is 15.2. The van der Waals surface area contributed by atoms with E-state index in [2.05, 4.69) is 0 Å². The molecule has 1 atom stereocenters. The van der Waals surface area contributed by atoms with Crippen LogP contribution in [0, 0.1) is 0 Å². The maximum atomic E-state index is 9.84. The largest absolute Gasteiger partial charge is 0.480 e. The molecule has 0 saturated heterocycles. The van der Waals surface area contributed by atoms with Crippen molar-refractivity contribution in [2.45, 2.75) is 10.2 Å². The van der Waals surface area contributed by atoms with Crippen molar-refractivity contribution in [3.63, 3.8) is 0 Å². The average molecular weight is 214 g/mol. The van der Waals surface area contributed by atoms with Crippen LogP contribution in [-0.2, 0) is 4.79 Å². The Morgan fingerprint density at radius 3 is 1.67 bits per heavy atom. The average Bonchev–Trinajstić information content (AvgIpc) is 1.64. The molecule has 0 bridgehead atoms. The van der Waals surface area contributed by atoms with Gasteiger partial charge < -0.3 is 5.11 Å². The minimum absolute atomic E-state index is 0. The van der Waals surface area contributed by atoms with Crippen molar-refractivity contribution in [1.29, 1.82) is 0 Å². The Morgan fingerprint density at radius 2 is 1.67 bits per heavy atom. The fraction of sp³-hybridized carbons (Fsp3) is 0.667. The number of carbonyl (C=O) groups is 1. The van der Waals surface area contributed by atoms with E-state index in [0.717, 1.165) is 0 Å². The fourth-order valence-electron chi connectivity index (χ4n) is 0.108. The quantitative estimate of drug-likeness (QED) is 0.712. The molecule has 0 aromatic rings. The van der Waals surface area contributed by atoms with E-state index >= 15 is 0 Å². The third-order valence-corrected chi connectivity index (χ3v) is 1.66. The molecule has 0 aromatic heterocycles. The molecule has 0 aromatic carbocycles. The first-order valence-electron chi connectivity index (χ1n) is 1.70. The number of hydrogen-bond donors (Lipinski definition) is 1. The highest BCUT2D eigenvalue weighted by atomic mass is 35.5. The summed E-state index contributed by atoms with van der Waals surface area (Å²) in [6.07, 6.45) is 0. The maximum Gasteiger partial charge on any atom is 0.324 e. The smallest absolute Gasteiger partial charge is 0.324 e. The summed E-state index contributed by atoms with van der Waals surface area (Å²) in [4.78, 5) is 8.79. The number of aliphatic carboxylic acids is 1. The first-order valence-corrected chi connectivity index (χ1v) is 3.01. The predicted molar refractivity (Wildman–Crippen MR) is 40.0 cm³/mol. The Bertz CT molecular complexity index is 93.8. The van der Waals surface area contributed by atoms with Crippen molar-refractivity contribution >= 4 is 53.2 Å². The Balaban J connectivity index is 0. The van der Waals surface area contributed by atoms with Crippen LogP contribution in [0.2, 0.25) is 0 Å². The van der Waals surface area contributed by atoms with E-state index in [9.17, 15) is 4.79 Å². The van der Waals surface area contributed by atoms with Crippen LogP contribution in [0.3, 0.4) is 0 Å². The standard InChI is InChI=1S/C3H3Cl3O2.ClH/c4-1(2(5)6)3(7)8;/h1-2H,(H,7,8);1H. The molecule has 0 spiro atoms. The van der Waals surface area contributed by atoms with Gasteiger partial charge in [0.2, 0.25) is 0 Å². The second-order valence-corrected chi connectivity index (χ2v) is 2.71. The molecule has 1 unspecified atom stereocenters. The molecular formula is C3H4Cl4O2. The molecule has 1 N–H and O–H groups in total. The SMILES string of the molecule is Cl.O=C(O)C(Cl)C(Cl)Cl. The molecule has 2 nitrogen and oxygen atoms in total. The van der Waals surface area contributed by atoms with Crippen molar-refractivity contribution < 1.29 is 9.90 Å². The highest BCUT2D eigenvalue weighted by Gasteiger charge is 2.20. The minimum Gasteiger partial charge on any atom is -0.480 e. The predicted octanol–water partition coefficient (Wildman–Crippen LogP) is 1.90. The lowest BCUT2D eigenvalue weighted by molar-refractivity contribution is -0.136. The molecule has 0 aliphatic carbocycles. The van der Waals surface area contributed by atoms with E-state index in [1.54, 1.807) is 0 Å². The van der Waals surface area contributed by atoms with Gasteiger partial charge in [0.15, 0.2) is 5.38 Å². The monoisotopic (exact) mass is 212 g/mol. The van der Waals surface area contributed by atoms with Crippen molar-refractivity contribution in [3.8, 4) is 0 Å². The maximum absolute atomic E-state index is 9.84. The van der Waals surface area contributed by atoms with E-state index in [-0.39, 0.29) is 12.4 Å². The highest BCUT2D eigenvalue weighted by Crippen LogP contribution is 2.13. The van der Waals surface area contributed by atoms with Crippen LogP contribution in [-0.4, -0.2) is 21.3 Å². The number of hydrogen-bond acceptors (Lipinski definition) is 1. The van der Waals surface area contributed by atoms with Crippen molar-refractivity contribution in [3.05, 3.63) is 0 Å². The summed E-state index contributed by atoms with van der Waals surface area (Å²) in [5, 5.41) is 6.84. The Kier molecular flexibility index (Phi) is 7.42. The van der Waals surface area contributed by atoms with E-state index < -0.39 is 16.2 Å². The van der Waals surface area contributed by atoms with Crippen LogP contribution in [0.1, 0.15) is 0 Å². The van der Waals surface area contributed by atoms with Crippen LogP contribution in [0.4, 0.5) is 0 Å². The first kappa shape index (κ1) is 12.3. The lowest BCUT2D eigenvalue weighted by Gasteiger charge is -2.00. The van der Waals surface area contributed by atoms with E-state index in [0.29, 0.717) is 0 Å². The van der Waals surface area contributed by atoms with Gasteiger partial charge in [0.25, 0.3) is 0 Å². The summed E-state index contributed by atoms with van der Waals surface area (Å²) in [5.41, 5.74) is 0. The summed E-state index contributed by atoms with van der Waals surface area (Å²) in [6, 6.07) is 0. The summed E-state index contributed by atoms with van der Waals surface area (Å²) in [7, 11) is 0. The van der Waals surface area contributed by atoms with Crippen molar-refractivity contribution in [2.24, 2.45) is 0 Å². The fourth-order valence-corrected chi connectivity index (χ4v) is 0.323. The summed E-state index contributed by atoms with van der Waals surface area (Å²) in [5.74, 6) is -1.21. The highest BCUT2D eigenvalue weighted by molar-refractivity contribution is 6.51. The van der Waals surface area contributed by atoms with E-state index in [4.69, 9.17) is 39.9 Å². The Morgan fingerprint density at radius 1 is 1.33 bits per heavy atom. The number of halogens is 4. The van der Waals surface area contributed by atoms with Crippen LogP contribution in [0.5, 0.6) is 0 Å². The van der Waals surface area contributed by atoms with Gasteiger partial charge in [-0.3, -0.25) is 4.79 Å². The van der Waals surface area contributed by atoms with Gasteiger partial charge in [0.1, 0.15) is 4.84 Å². The molecular weight excluding hydrogens is 210 g/mol. The minimum atomic E-state index is -1.21.